The molecule has 0 aliphatic heterocycles. The highest BCUT2D eigenvalue weighted by Gasteiger charge is 2.00. The summed E-state index contributed by atoms with van der Waals surface area (Å²) in [5, 5.41) is 11.0. The fraction of sp³-hybridized carbons (Fsp3) is 0.211. The lowest BCUT2D eigenvalue weighted by Crippen LogP contribution is -2.39. The van der Waals surface area contributed by atoms with E-state index in [0.717, 1.165) is 41.5 Å². The van der Waals surface area contributed by atoms with E-state index in [0.29, 0.717) is 6.54 Å². The summed E-state index contributed by atoms with van der Waals surface area (Å²) in [7, 11) is 1.76. The summed E-state index contributed by atoms with van der Waals surface area (Å²) in [6, 6.07) is 18.0. The zero-order chi connectivity index (χ0) is 17.3. The predicted molar refractivity (Wildman–Crippen MR) is 103 cm³/mol. The lowest BCUT2D eigenvalue weighted by atomic mass is 10.2. The first-order valence-corrected chi connectivity index (χ1v) is 8.29. The van der Waals surface area contributed by atoms with Crippen LogP contribution in [0.4, 0.5) is 5.82 Å². The molecule has 0 saturated carbocycles. The maximum atomic E-state index is 4.60. The highest BCUT2D eigenvalue weighted by Crippen LogP contribution is 2.13. The Morgan fingerprint density at radius 1 is 0.960 bits per heavy atom. The van der Waals surface area contributed by atoms with Crippen LogP contribution in [0.3, 0.4) is 0 Å². The second kappa shape index (κ2) is 8.63. The second-order valence-corrected chi connectivity index (χ2v) is 5.49. The molecule has 0 aliphatic carbocycles. The molecule has 0 fully saturated rings. The molecule has 2 aromatic heterocycles. The first-order chi connectivity index (χ1) is 12.3. The van der Waals surface area contributed by atoms with E-state index >= 15 is 0 Å². The van der Waals surface area contributed by atoms with Crippen molar-refractivity contribution in [1.29, 1.82) is 0 Å². The largest absolute Gasteiger partial charge is 0.368 e. The number of fused-ring (bicyclic) bond motifs is 1. The van der Waals surface area contributed by atoms with Gasteiger partial charge in [-0.15, -0.1) is 0 Å². The van der Waals surface area contributed by atoms with Crippen molar-refractivity contribution in [2.75, 3.05) is 25.5 Å². The Morgan fingerprint density at radius 3 is 2.68 bits per heavy atom. The zero-order valence-electron chi connectivity index (χ0n) is 14.2. The topological polar surface area (TPSA) is 74.2 Å². The molecule has 3 rings (SSSR count). The van der Waals surface area contributed by atoms with E-state index in [-0.39, 0.29) is 0 Å². The predicted octanol–water partition coefficient (Wildman–Crippen LogP) is 2.41. The van der Waals surface area contributed by atoms with Gasteiger partial charge in [0.15, 0.2) is 5.96 Å². The number of aromatic nitrogens is 2. The van der Waals surface area contributed by atoms with Crippen LogP contribution in [0.1, 0.15) is 5.69 Å². The third-order valence-corrected chi connectivity index (χ3v) is 3.71. The number of aliphatic imine (C=N–C) groups is 1. The molecule has 0 spiro atoms. The molecule has 1 aromatic carbocycles. The van der Waals surface area contributed by atoms with Crippen molar-refractivity contribution in [3.05, 3.63) is 66.5 Å². The molecule has 6 nitrogen and oxygen atoms in total. The number of benzene rings is 1. The molecule has 0 aliphatic rings. The van der Waals surface area contributed by atoms with E-state index in [4.69, 9.17) is 0 Å². The Labute approximate surface area is 147 Å². The van der Waals surface area contributed by atoms with Crippen LogP contribution in [0.15, 0.2) is 65.8 Å². The second-order valence-electron chi connectivity index (χ2n) is 5.49. The third-order valence-electron chi connectivity index (χ3n) is 3.71. The van der Waals surface area contributed by atoms with Crippen LogP contribution in [0.25, 0.3) is 10.9 Å². The number of pyridine rings is 2. The maximum absolute atomic E-state index is 4.60. The van der Waals surface area contributed by atoms with Crippen LogP contribution in [-0.2, 0) is 6.54 Å². The van der Waals surface area contributed by atoms with E-state index < -0.39 is 0 Å². The van der Waals surface area contributed by atoms with Crippen LogP contribution in [0.5, 0.6) is 0 Å². The van der Waals surface area contributed by atoms with E-state index in [1.807, 2.05) is 42.5 Å². The minimum Gasteiger partial charge on any atom is -0.368 e. The molecule has 0 unspecified atom stereocenters. The molecule has 0 atom stereocenters. The maximum Gasteiger partial charge on any atom is 0.191 e. The number of guanidine groups is 1. The van der Waals surface area contributed by atoms with Crippen molar-refractivity contribution < 1.29 is 0 Å². The van der Waals surface area contributed by atoms with Gasteiger partial charge in [0.25, 0.3) is 0 Å². The van der Waals surface area contributed by atoms with Crippen molar-refractivity contribution in [3.8, 4) is 0 Å². The van der Waals surface area contributed by atoms with E-state index in [9.17, 15) is 0 Å². The van der Waals surface area contributed by atoms with Crippen LogP contribution >= 0.6 is 0 Å². The van der Waals surface area contributed by atoms with Gasteiger partial charge in [0.1, 0.15) is 5.82 Å². The lowest BCUT2D eigenvalue weighted by molar-refractivity contribution is 0.797. The molecular formula is C19H22N6. The van der Waals surface area contributed by atoms with Crippen molar-refractivity contribution in [3.63, 3.8) is 0 Å². The molecule has 128 valence electrons. The molecular weight excluding hydrogens is 312 g/mol. The van der Waals surface area contributed by atoms with Crippen molar-refractivity contribution in [2.45, 2.75) is 6.54 Å². The highest BCUT2D eigenvalue weighted by atomic mass is 15.2. The molecule has 0 radical (unpaired) electrons. The van der Waals surface area contributed by atoms with Crippen LogP contribution in [-0.4, -0.2) is 36.1 Å². The SMILES string of the molecule is CN=C(NCCNc1ccc2ccccc2n1)NCc1ccccn1. The van der Waals surface area contributed by atoms with Gasteiger partial charge in [-0.3, -0.25) is 9.98 Å². The van der Waals surface area contributed by atoms with E-state index in [1.54, 1.807) is 13.2 Å². The molecule has 3 aromatic rings. The van der Waals surface area contributed by atoms with Crippen molar-refractivity contribution >= 4 is 22.7 Å². The average Bonchev–Trinajstić information content (AvgIpc) is 2.68. The van der Waals surface area contributed by atoms with Gasteiger partial charge in [-0.05, 0) is 30.3 Å². The van der Waals surface area contributed by atoms with E-state index in [2.05, 4.69) is 43.0 Å². The fourth-order valence-electron chi connectivity index (χ4n) is 2.43. The zero-order valence-corrected chi connectivity index (χ0v) is 14.2. The first-order valence-electron chi connectivity index (χ1n) is 8.29. The minimum atomic E-state index is 0.639. The van der Waals surface area contributed by atoms with Crippen LogP contribution in [0, 0.1) is 0 Å². The van der Waals surface area contributed by atoms with Gasteiger partial charge in [0.2, 0.25) is 0 Å². The standard InChI is InChI=1S/C19H22N6/c1-20-19(24-14-16-7-4-5-11-21-16)23-13-12-22-18-10-9-15-6-2-3-8-17(15)25-18/h2-11H,12-14H2,1H3,(H,22,25)(H2,20,23,24). The Kier molecular flexibility index (Phi) is 5.77. The summed E-state index contributed by atoms with van der Waals surface area (Å²) in [6.45, 7) is 2.12. The molecule has 0 amide bonds. The Hall–Kier alpha value is -3.15. The Morgan fingerprint density at radius 2 is 1.84 bits per heavy atom. The molecule has 3 N–H and O–H groups in total. The number of para-hydroxylation sites is 1. The average molecular weight is 334 g/mol. The Bertz CT molecular complexity index is 831. The minimum absolute atomic E-state index is 0.639. The quantitative estimate of drug-likeness (QED) is 0.367. The summed E-state index contributed by atoms with van der Waals surface area (Å²) < 4.78 is 0. The molecule has 6 heteroatoms. The number of hydrogen-bond acceptors (Lipinski definition) is 4. The van der Waals surface area contributed by atoms with Gasteiger partial charge in [-0.25, -0.2) is 4.98 Å². The fourth-order valence-corrected chi connectivity index (χ4v) is 2.43. The summed E-state index contributed by atoms with van der Waals surface area (Å²) in [6.07, 6.45) is 1.79. The number of nitrogens with zero attached hydrogens (tertiary/aromatic N) is 3. The number of anilines is 1. The summed E-state index contributed by atoms with van der Waals surface area (Å²) in [4.78, 5) is 13.1. The molecule has 2 heterocycles. The summed E-state index contributed by atoms with van der Waals surface area (Å²) in [5.74, 6) is 1.62. The smallest absolute Gasteiger partial charge is 0.191 e. The van der Waals surface area contributed by atoms with Crippen molar-refractivity contribution in [1.82, 2.24) is 20.6 Å². The number of hydrogen-bond donors (Lipinski definition) is 3. The lowest BCUT2D eigenvalue weighted by Gasteiger charge is -2.12. The monoisotopic (exact) mass is 334 g/mol. The van der Waals surface area contributed by atoms with Crippen molar-refractivity contribution in [2.24, 2.45) is 4.99 Å². The van der Waals surface area contributed by atoms with Gasteiger partial charge >= 0.3 is 0 Å². The molecule has 25 heavy (non-hydrogen) atoms. The highest BCUT2D eigenvalue weighted by molar-refractivity contribution is 5.80. The van der Waals surface area contributed by atoms with Gasteiger partial charge in [-0.1, -0.05) is 24.3 Å². The number of nitrogens with one attached hydrogen (secondary N) is 3. The van der Waals surface area contributed by atoms with Crippen LogP contribution in [0.2, 0.25) is 0 Å². The Balaban J connectivity index is 1.43. The summed E-state index contributed by atoms with van der Waals surface area (Å²) >= 11 is 0. The van der Waals surface area contributed by atoms with Crippen LogP contribution < -0.4 is 16.0 Å². The van der Waals surface area contributed by atoms with Gasteiger partial charge in [0.05, 0.1) is 17.8 Å². The normalized spacial score (nSPS) is 11.3. The van der Waals surface area contributed by atoms with E-state index in [1.165, 1.54) is 0 Å². The summed E-state index contributed by atoms with van der Waals surface area (Å²) in [5.41, 5.74) is 1.97. The van der Waals surface area contributed by atoms with Gasteiger partial charge in [-0.2, -0.15) is 0 Å². The molecule has 0 saturated heterocycles. The third kappa shape index (κ3) is 4.91. The first kappa shape index (κ1) is 16.7. The number of rotatable bonds is 6. The van der Waals surface area contributed by atoms with Gasteiger partial charge in [0, 0.05) is 31.7 Å². The molecule has 0 bridgehead atoms. The van der Waals surface area contributed by atoms with Gasteiger partial charge < -0.3 is 16.0 Å².